The lowest BCUT2D eigenvalue weighted by Crippen LogP contribution is -2.39. The van der Waals surface area contributed by atoms with Gasteiger partial charge in [-0.3, -0.25) is 0 Å². The van der Waals surface area contributed by atoms with Gasteiger partial charge in [0.1, 0.15) is 0 Å². The topological polar surface area (TPSA) is 15.3 Å². The molecule has 0 aromatic rings. The molecular formula is C15H29ClN2. The lowest BCUT2D eigenvalue weighted by molar-refractivity contribution is 0.174. The normalized spacial score (nSPS) is 34.7. The van der Waals surface area contributed by atoms with Crippen molar-refractivity contribution in [2.45, 2.75) is 62.8 Å². The lowest BCUT2D eigenvalue weighted by Gasteiger charge is -2.33. The zero-order valence-electron chi connectivity index (χ0n) is 11.8. The Balaban J connectivity index is 1.55. The number of hydrogen-bond donors (Lipinski definition) is 1. The fourth-order valence-corrected chi connectivity index (χ4v) is 3.90. The van der Waals surface area contributed by atoms with Gasteiger partial charge in [-0.05, 0) is 71.1 Å². The Morgan fingerprint density at radius 1 is 1.17 bits per heavy atom. The average Bonchev–Trinajstić information content (AvgIpc) is 2.37. The molecule has 0 aromatic heterocycles. The second-order valence-electron chi connectivity index (χ2n) is 6.25. The zero-order chi connectivity index (χ0) is 12.8. The van der Waals surface area contributed by atoms with Crippen molar-refractivity contribution in [3.8, 4) is 0 Å². The molecule has 1 aliphatic carbocycles. The molecule has 1 N–H and O–H groups in total. The summed E-state index contributed by atoms with van der Waals surface area (Å²) in [4.78, 5) is 2.54. The Hall–Kier alpha value is 0.210. The summed E-state index contributed by atoms with van der Waals surface area (Å²) >= 11 is 6.23. The Morgan fingerprint density at radius 3 is 2.83 bits per heavy atom. The SMILES string of the molecule is CN1CCCCC1CCNCC1CCCC(Cl)C1. The van der Waals surface area contributed by atoms with Gasteiger partial charge in [0, 0.05) is 11.4 Å². The van der Waals surface area contributed by atoms with Crippen LogP contribution in [0.2, 0.25) is 0 Å². The molecule has 3 atom stereocenters. The van der Waals surface area contributed by atoms with Crippen molar-refractivity contribution in [3.63, 3.8) is 0 Å². The predicted octanol–water partition coefficient (Wildman–Crippen LogP) is 3.25. The lowest BCUT2D eigenvalue weighted by atomic mass is 9.89. The van der Waals surface area contributed by atoms with Crippen LogP contribution in [0.15, 0.2) is 0 Å². The van der Waals surface area contributed by atoms with E-state index in [9.17, 15) is 0 Å². The maximum atomic E-state index is 6.23. The van der Waals surface area contributed by atoms with Gasteiger partial charge in [0.05, 0.1) is 0 Å². The molecule has 2 rings (SSSR count). The third-order valence-corrected chi connectivity index (χ3v) is 5.12. The van der Waals surface area contributed by atoms with Gasteiger partial charge in [0.25, 0.3) is 0 Å². The highest BCUT2D eigenvalue weighted by Crippen LogP contribution is 2.27. The van der Waals surface area contributed by atoms with Gasteiger partial charge in [0.2, 0.25) is 0 Å². The molecule has 3 unspecified atom stereocenters. The highest BCUT2D eigenvalue weighted by atomic mass is 35.5. The minimum absolute atomic E-state index is 0.440. The van der Waals surface area contributed by atoms with Crippen LogP contribution in [0, 0.1) is 5.92 Å². The summed E-state index contributed by atoms with van der Waals surface area (Å²) in [6.45, 7) is 3.65. The molecule has 0 radical (unpaired) electrons. The summed E-state index contributed by atoms with van der Waals surface area (Å²) in [5.74, 6) is 0.824. The first-order valence-corrected chi connectivity index (χ1v) is 8.24. The van der Waals surface area contributed by atoms with Gasteiger partial charge >= 0.3 is 0 Å². The molecule has 2 fully saturated rings. The van der Waals surface area contributed by atoms with E-state index in [0.717, 1.165) is 12.0 Å². The molecule has 2 nitrogen and oxygen atoms in total. The molecule has 0 spiro atoms. The third-order valence-electron chi connectivity index (χ3n) is 4.73. The molecule has 106 valence electrons. The molecule has 3 heteroatoms. The molecular weight excluding hydrogens is 244 g/mol. The van der Waals surface area contributed by atoms with E-state index in [1.54, 1.807) is 0 Å². The average molecular weight is 273 g/mol. The quantitative estimate of drug-likeness (QED) is 0.611. The van der Waals surface area contributed by atoms with Crippen LogP contribution in [-0.4, -0.2) is 43.0 Å². The maximum Gasteiger partial charge on any atom is 0.0339 e. The number of rotatable bonds is 5. The Kier molecular flexibility index (Phi) is 6.26. The molecule has 0 aromatic carbocycles. The van der Waals surface area contributed by atoms with Crippen LogP contribution in [0.5, 0.6) is 0 Å². The van der Waals surface area contributed by atoms with Crippen molar-refractivity contribution < 1.29 is 0 Å². The number of hydrogen-bond acceptors (Lipinski definition) is 2. The fraction of sp³-hybridized carbons (Fsp3) is 1.00. The van der Waals surface area contributed by atoms with Crippen molar-refractivity contribution >= 4 is 11.6 Å². The number of piperidine rings is 1. The van der Waals surface area contributed by atoms with E-state index in [-0.39, 0.29) is 0 Å². The van der Waals surface area contributed by atoms with Crippen LogP contribution in [0.3, 0.4) is 0 Å². The summed E-state index contributed by atoms with van der Waals surface area (Å²) in [6.07, 6.45) is 10.7. The summed E-state index contributed by atoms with van der Waals surface area (Å²) in [5, 5.41) is 4.10. The monoisotopic (exact) mass is 272 g/mol. The van der Waals surface area contributed by atoms with Crippen molar-refractivity contribution in [2.24, 2.45) is 5.92 Å². The molecule has 1 aliphatic heterocycles. The van der Waals surface area contributed by atoms with E-state index in [2.05, 4.69) is 17.3 Å². The van der Waals surface area contributed by atoms with E-state index < -0.39 is 0 Å². The second-order valence-corrected chi connectivity index (χ2v) is 6.87. The number of alkyl halides is 1. The van der Waals surface area contributed by atoms with Gasteiger partial charge in [-0.1, -0.05) is 12.8 Å². The molecule has 18 heavy (non-hydrogen) atoms. The van der Waals surface area contributed by atoms with E-state index >= 15 is 0 Å². The van der Waals surface area contributed by atoms with Gasteiger partial charge in [-0.25, -0.2) is 0 Å². The highest BCUT2D eigenvalue weighted by molar-refractivity contribution is 6.20. The first-order chi connectivity index (χ1) is 8.75. The van der Waals surface area contributed by atoms with Crippen molar-refractivity contribution in [1.82, 2.24) is 10.2 Å². The minimum Gasteiger partial charge on any atom is -0.316 e. The van der Waals surface area contributed by atoms with Crippen LogP contribution < -0.4 is 5.32 Å². The van der Waals surface area contributed by atoms with Gasteiger partial charge in [0.15, 0.2) is 0 Å². The van der Waals surface area contributed by atoms with Gasteiger partial charge in [-0.15, -0.1) is 11.6 Å². The summed E-state index contributed by atoms with van der Waals surface area (Å²) in [7, 11) is 2.28. The molecule has 1 saturated carbocycles. The summed E-state index contributed by atoms with van der Waals surface area (Å²) in [5.41, 5.74) is 0. The van der Waals surface area contributed by atoms with Crippen LogP contribution in [0.25, 0.3) is 0 Å². The van der Waals surface area contributed by atoms with E-state index in [1.165, 1.54) is 71.0 Å². The number of nitrogens with one attached hydrogen (secondary N) is 1. The third kappa shape index (κ3) is 4.71. The predicted molar refractivity (Wildman–Crippen MR) is 79.4 cm³/mol. The molecule has 0 amide bonds. The number of likely N-dealkylation sites (tertiary alicyclic amines) is 1. The Bertz CT molecular complexity index is 235. The number of halogens is 1. The van der Waals surface area contributed by atoms with E-state index in [1.807, 2.05) is 0 Å². The maximum absolute atomic E-state index is 6.23. The Labute approximate surface area is 117 Å². The smallest absolute Gasteiger partial charge is 0.0339 e. The van der Waals surface area contributed by atoms with Crippen LogP contribution >= 0.6 is 11.6 Å². The highest BCUT2D eigenvalue weighted by Gasteiger charge is 2.21. The van der Waals surface area contributed by atoms with E-state index in [4.69, 9.17) is 11.6 Å². The summed E-state index contributed by atoms with van der Waals surface area (Å²) in [6, 6.07) is 0.818. The molecule has 0 bridgehead atoms. The Morgan fingerprint density at radius 2 is 2.06 bits per heavy atom. The minimum atomic E-state index is 0.440. The van der Waals surface area contributed by atoms with Crippen molar-refractivity contribution in [3.05, 3.63) is 0 Å². The van der Waals surface area contributed by atoms with E-state index in [0.29, 0.717) is 5.38 Å². The standard InChI is InChI=1S/C15H29ClN2/c1-18-10-3-2-7-15(18)8-9-17-12-13-5-4-6-14(16)11-13/h13-15,17H,2-12H2,1H3. The molecule has 1 saturated heterocycles. The summed E-state index contributed by atoms with van der Waals surface area (Å²) < 4.78 is 0. The van der Waals surface area contributed by atoms with Gasteiger partial charge in [-0.2, -0.15) is 0 Å². The molecule has 2 aliphatic rings. The first kappa shape index (κ1) is 14.6. The van der Waals surface area contributed by atoms with Crippen molar-refractivity contribution in [1.29, 1.82) is 0 Å². The molecule has 1 heterocycles. The van der Waals surface area contributed by atoms with Crippen LogP contribution in [-0.2, 0) is 0 Å². The van der Waals surface area contributed by atoms with Crippen LogP contribution in [0.4, 0.5) is 0 Å². The second kappa shape index (κ2) is 7.72. The first-order valence-electron chi connectivity index (χ1n) is 7.80. The van der Waals surface area contributed by atoms with Gasteiger partial charge < -0.3 is 10.2 Å². The largest absolute Gasteiger partial charge is 0.316 e. The fourth-order valence-electron chi connectivity index (χ4n) is 3.49. The number of nitrogens with zero attached hydrogens (tertiary/aromatic N) is 1. The zero-order valence-corrected chi connectivity index (χ0v) is 12.6. The van der Waals surface area contributed by atoms with Crippen LogP contribution in [0.1, 0.15) is 51.4 Å². The van der Waals surface area contributed by atoms with Crippen molar-refractivity contribution in [2.75, 3.05) is 26.7 Å².